The van der Waals surface area contributed by atoms with Crippen LogP contribution in [0.1, 0.15) is 12.0 Å². The molecule has 1 aliphatic heterocycles. The average molecular weight is 475 g/mol. The van der Waals surface area contributed by atoms with E-state index in [1.54, 1.807) is 12.1 Å². The zero-order valence-corrected chi connectivity index (χ0v) is 18.2. The van der Waals surface area contributed by atoms with Crippen LogP contribution in [-0.4, -0.2) is 32.4 Å². The molecule has 0 radical (unpaired) electrons. The summed E-state index contributed by atoms with van der Waals surface area (Å²) in [6.45, 7) is 0.674. The maximum Gasteiger partial charge on any atom is 0.324 e. The van der Waals surface area contributed by atoms with Gasteiger partial charge < -0.3 is 4.90 Å². The zero-order valence-electron chi connectivity index (χ0n) is 17.3. The molecule has 3 aromatic carbocycles. The predicted molar refractivity (Wildman–Crippen MR) is 118 cm³/mol. The van der Waals surface area contributed by atoms with Crippen LogP contribution in [-0.2, 0) is 16.6 Å². The molecule has 0 aromatic heterocycles. The number of carbonyl (C=O) groups excluding carboxylic acids is 1. The summed E-state index contributed by atoms with van der Waals surface area (Å²) < 4.78 is 68.3. The third-order valence-corrected chi connectivity index (χ3v) is 6.61. The molecule has 4 rings (SSSR count). The summed E-state index contributed by atoms with van der Waals surface area (Å²) >= 11 is 0. The van der Waals surface area contributed by atoms with Crippen molar-refractivity contribution in [1.82, 2.24) is 4.90 Å². The molecule has 6 nitrogen and oxygen atoms in total. The fourth-order valence-corrected chi connectivity index (χ4v) is 4.65. The molecule has 3 aromatic rings. The second kappa shape index (κ2) is 9.14. The summed E-state index contributed by atoms with van der Waals surface area (Å²) in [4.78, 5) is 15.8. The van der Waals surface area contributed by atoms with Gasteiger partial charge in [0.1, 0.15) is 17.5 Å². The Balaban J connectivity index is 1.53. The van der Waals surface area contributed by atoms with Crippen LogP contribution in [0, 0.1) is 17.5 Å². The maximum atomic E-state index is 14.0. The summed E-state index contributed by atoms with van der Waals surface area (Å²) in [7, 11) is -3.96. The van der Waals surface area contributed by atoms with Crippen LogP contribution >= 0.6 is 0 Å². The number of rotatable bonds is 6. The lowest BCUT2D eigenvalue weighted by molar-refractivity contribution is 0.191. The first-order valence-electron chi connectivity index (χ1n) is 10.1. The molecule has 1 saturated heterocycles. The fraction of sp³-hybridized carbons (Fsp3) is 0.174. The van der Waals surface area contributed by atoms with Gasteiger partial charge in [0.25, 0.3) is 10.0 Å². The second-order valence-electron chi connectivity index (χ2n) is 7.55. The lowest BCUT2D eigenvalue weighted by Crippen LogP contribution is -2.49. The minimum Gasteiger partial charge on any atom is -0.320 e. The Bertz CT molecular complexity index is 1280. The van der Waals surface area contributed by atoms with Crippen LogP contribution in [0.2, 0.25) is 0 Å². The second-order valence-corrected chi connectivity index (χ2v) is 9.24. The van der Waals surface area contributed by atoms with Crippen LogP contribution in [0.25, 0.3) is 0 Å². The highest BCUT2D eigenvalue weighted by atomic mass is 32.2. The van der Waals surface area contributed by atoms with Crippen molar-refractivity contribution < 1.29 is 26.4 Å². The van der Waals surface area contributed by atoms with Gasteiger partial charge in [-0.3, -0.25) is 9.62 Å². The van der Waals surface area contributed by atoms with Crippen molar-refractivity contribution >= 4 is 27.4 Å². The standard InChI is InChI=1S/C23H20F3N3O3S/c24-17-5-8-21(9-6-17)33(31,32)27-19-3-1-4-20(14-19)29-12-2-11-28(23(29)30)15-16-13-18(25)7-10-22(16)26/h1,3-10,13-14,27H,2,11-12,15H2. The number of anilines is 2. The largest absolute Gasteiger partial charge is 0.324 e. The molecule has 0 spiro atoms. The molecule has 2 amide bonds. The summed E-state index contributed by atoms with van der Waals surface area (Å²) in [5.74, 6) is -1.74. The number of nitrogens with one attached hydrogen (secondary N) is 1. The Hall–Kier alpha value is -3.53. The fourth-order valence-electron chi connectivity index (χ4n) is 3.60. The van der Waals surface area contributed by atoms with Crippen LogP contribution in [0.15, 0.2) is 71.6 Å². The number of sulfonamides is 1. The van der Waals surface area contributed by atoms with E-state index in [4.69, 9.17) is 0 Å². The lowest BCUT2D eigenvalue weighted by Gasteiger charge is -2.36. The van der Waals surface area contributed by atoms with E-state index in [2.05, 4.69) is 4.72 Å². The van der Waals surface area contributed by atoms with Gasteiger partial charge >= 0.3 is 6.03 Å². The summed E-state index contributed by atoms with van der Waals surface area (Å²) in [5, 5.41) is 0. The van der Waals surface area contributed by atoms with Gasteiger partial charge in [0.2, 0.25) is 0 Å². The van der Waals surface area contributed by atoms with Gasteiger partial charge in [-0.05, 0) is 67.1 Å². The Kier molecular flexibility index (Phi) is 6.28. The predicted octanol–water partition coefficient (Wildman–Crippen LogP) is 4.74. The van der Waals surface area contributed by atoms with Gasteiger partial charge in [0, 0.05) is 24.3 Å². The highest BCUT2D eigenvalue weighted by Crippen LogP contribution is 2.26. The van der Waals surface area contributed by atoms with E-state index in [-0.39, 0.29) is 22.7 Å². The van der Waals surface area contributed by atoms with Crippen molar-refractivity contribution in [2.75, 3.05) is 22.7 Å². The maximum absolute atomic E-state index is 14.0. The monoisotopic (exact) mass is 475 g/mol. The van der Waals surface area contributed by atoms with E-state index < -0.39 is 33.5 Å². The normalized spacial score (nSPS) is 14.5. The first kappa shape index (κ1) is 22.7. The van der Waals surface area contributed by atoms with Gasteiger partial charge in [-0.15, -0.1) is 0 Å². The Morgan fingerprint density at radius 3 is 2.36 bits per heavy atom. The van der Waals surface area contributed by atoms with Gasteiger partial charge in [0.05, 0.1) is 17.1 Å². The molecular formula is C23H20F3N3O3S. The highest BCUT2D eigenvalue weighted by molar-refractivity contribution is 7.92. The van der Waals surface area contributed by atoms with Crippen molar-refractivity contribution in [3.63, 3.8) is 0 Å². The molecule has 10 heteroatoms. The quantitative estimate of drug-likeness (QED) is 0.560. The molecule has 0 saturated carbocycles. The molecule has 0 aliphatic carbocycles. The summed E-state index contributed by atoms with van der Waals surface area (Å²) in [5.41, 5.74) is 0.743. The number of urea groups is 1. The molecule has 33 heavy (non-hydrogen) atoms. The molecule has 1 aliphatic rings. The Labute approximate surface area is 189 Å². The van der Waals surface area contributed by atoms with Crippen molar-refractivity contribution in [2.45, 2.75) is 17.9 Å². The number of hydrogen-bond donors (Lipinski definition) is 1. The van der Waals surface area contributed by atoms with E-state index in [1.165, 1.54) is 21.9 Å². The number of amides is 2. The first-order chi connectivity index (χ1) is 15.7. The topological polar surface area (TPSA) is 69.7 Å². The van der Waals surface area contributed by atoms with Gasteiger partial charge in [-0.2, -0.15) is 0 Å². The number of hydrogen-bond acceptors (Lipinski definition) is 3. The number of halogens is 3. The van der Waals surface area contributed by atoms with E-state index in [0.29, 0.717) is 25.2 Å². The number of nitrogens with zero attached hydrogens (tertiary/aromatic N) is 2. The Morgan fingerprint density at radius 2 is 1.61 bits per heavy atom. The highest BCUT2D eigenvalue weighted by Gasteiger charge is 2.28. The third kappa shape index (κ3) is 5.11. The molecule has 0 unspecified atom stereocenters. The van der Waals surface area contributed by atoms with E-state index >= 15 is 0 Å². The molecule has 0 bridgehead atoms. The molecule has 1 fully saturated rings. The van der Waals surface area contributed by atoms with Crippen molar-refractivity contribution in [1.29, 1.82) is 0 Å². The Morgan fingerprint density at radius 1 is 0.879 bits per heavy atom. The lowest BCUT2D eigenvalue weighted by atomic mass is 10.1. The molecule has 1 heterocycles. The molecule has 172 valence electrons. The van der Waals surface area contributed by atoms with Gasteiger partial charge in [-0.25, -0.2) is 26.4 Å². The van der Waals surface area contributed by atoms with Gasteiger partial charge in [0.15, 0.2) is 0 Å². The molecule has 1 N–H and O–H groups in total. The SMILES string of the molecule is O=C1N(Cc2cc(F)ccc2F)CCCN1c1cccc(NS(=O)(=O)c2ccc(F)cc2)c1. The van der Waals surface area contributed by atoms with Crippen LogP contribution < -0.4 is 9.62 Å². The van der Waals surface area contributed by atoms with E-state index in [1.807, 2.05) is 0 Å². The van der Waals surface area contributed by atoms with Crippen LogP contribution in [0.5, 0.6) is 0 Å². The zero-order chi connectivity index (χ0) is 23.6. The third-order valence-electron chi connectivity index (χ3n) is 5.21. The average Bonchev–Trinajstić information content (AvgIpc) is 2.78. The summed E-state index contributed by atoms with van der Waals surface area (Å²) in [6.07, 6.45) is 0.591. The van der Waals surface area contributed by atoms with E-state index in [9.17, 15) is 26.4 Å². The minimum atomic E-state index is -3.96. The smallest absolute Gasteiger partial charge is 0.320 e. The summed E-state index contributed by atoms with van der Waals surface area (Å²) in [6, 6.07) is 13.4. The first-order valence-corrected chi connectivity index (χ1v) is 11.6. The van der Waals surface area contributed by atoms with Crippen LogP contribution in [0.4, 0.5) is 29.3 Å². The molecular weight excluding hydrogens is 455 g/mol. The van der Waals surface area contributed by atoms with Gasteiger partial charge in [-0.1, -0.05) is 6.07 Å². The van der Waals surface area contributed by atoms with Crippen molar-refractivity contribution in [3.05, 3.63) is 89.7 Å². The number of carbonyl (C=O) groups is 1. The van der Waals surface area contributed by atoms with Crippen molar-refractivity contribution in [3.8, 4) is 0 Å². The van der Waals surface area contributed by atoms with E-state index in [0.717, 1.165) is 42.5 Å². The minimum absolute atomic E-state index is 0.0750. The molecule has 0 atom stereocenters. The van der Waals surface area contributed by atoms with Crippen molar-refractivity contribution in [2.24, 2.45) is 0 Å². The van der Waals surface area contributed by atoms with Crippen LogP contribution in [0.3, 0.4) is 0 Å². The number of benzene rings is 3.